The van der Waals surface area contributed by atoms with Gasteiger partial charge in [-0.25, -0.2) is 4.79 Å². The maximum absolute atomic E-state index is 11.6. The second-order valence-corrected chi connectivity index (χ2v) is 6.53. The first-order valence-electron chi connectivity index (χ1n) is 8.84. The van der Waals surface area contributed by atoms with Crippen molar-refractivity contribution < 1.29 is 18.8 Å². The lowest BCUT2D eigenvalue weighted by Crippen LogP contribution is -2.48. The van der Waals surface area contributed by atoms with Gasteiger partial charge in [0, 0.05) is 44.3 Å². The van der Waals surface area contributed by atoms with Gasteiger partial charge in [0.15, 0.2) is 0 Å². The fourth-order valence-corrected chi connectivity index (χ4v) is 3.40. The van der Waals surface area contributed by atoms with Gasteiger partial charge in [0.25, 0.3) is 0 Å². The van der Waals surface area contributed by atoms with Crippen LogP contribution in [0, 0.1) is 0 Å². The van der Waals surface area contributed by atoms with Crippen molar-refractivity contribution in [2.24, 2.45) is 0 Å². The van der Waals surface area contributed by atoms with Gasteiger partial charge in [-0.1, -0.05) is 23.4 Å². The number of ether oxygens (including phenoxy) is 2. The van der Waals surface area contributed by atoms with Crippen LogP contribution >= 0.6 is 0 Å². The number of anilines is 1. The molecule has 3 heterocycles. The fourth-order valence-electron chi connectivity index (χ4n) is 3.40. The third-order valence-corrected chi connectivity index (χ3v) is 4.94. The van der Waals surface area contributed by atoms with Crippen molar-refractivity contribution >= 4 is 12.1 Å². The molecule has 2 aromatic rings. The molecule has 138 valence electrons. The van der Waals surface area contributed by atoms with E-state index in [2.05, 4.69) is 22.3 Å². The Morgan fingerprint density at radius 3 is 2.85 bits per heavy atom. The number of methoxy groups -OCH3 is 1. The number of nitrogens with zero attached hydrogens (tertiary/aromatic N) is 4. The van der Waals surface area contributed by atoms with Crippen LogP contribution in [0.15, 0.2) is 28.8 Å². The Balaban J connectivity index is 1.45. The highest BCUT2D eigenvalue weighted by atomic mass is 16.5. The molecule has 1 amide bonds. The van der Waals surface area contributed by atoms with E-state index in [9.17, 15) is 4.79 Å². The number of carbonyl (C=O) groups excluding carboxylic acids is 1. The van der Waals surface area contributed by atoms with Gasteiger partial charge in [-0.05, 0) is 18.1 Å². The van der Waals surface area contributed by atoms with Gasteiger partial charge >= 0.3 is 12.1 Å². The molecule has 8 nitrogen and oxygen atoms in total. The Bertz CT molecular complexity index is 764. The summed E-state index contributed by atoms with van der Waals surface area (Å²) in [6.45, 7) is 4.00. The zero-order valence-corrected chi connectivity index (χ0v) is 14.8. The highest BCUT2D eigenvalue weighted by Gasteiger charge is 2.25. The van der Waals surface area contributed by atoms with E-state index in [0.717, 1.165) is 25.2 Å². The molecule has 1 unspecified atom stereocenters. The molecular weight excluding hydrogens is 336 g/mol. The van der Waals surface area contributed by atoms with Crippen molar-refractivity contribution in [2.75, 3.05) is 51.4 Å². The molecule has 0 N–H and O–H groups in total. The van der Waals surface area contributed by atoms with E-state index in [-0.39, 0.29) is 6.09 Å². The molecule has 0 radical (unpaired) electrons. The Morgan fingerprint density at radius 1 is 1.27 bits per heavy atom. The van der Waals surface area contributed by atoms with Crippen LogP contribution in [0.5, 0.6) is 0 Å². The molecule has 2 aliphatic rings. The monoisotopic (exact) mass is 358 g/mol. The standard InChI is InChI=1S/C18H22N4O4/c1-24-18(23)22-8-6-21(7-9-22)17-19-16(20-26-17)14-4-2-3-13(11-14)15-5-10-25-12-15/h2-4,11,15H,5-10,12H2,1H3. The maximum Gasteiger partial charge on any atom is 0.409 e. The highest BCUT2D eigenvalue weighted by molar-refractivity contribution is 5.67. The number of rotatable bonds is 3. The second kappa shape index (κ2) is 7.33. The first kappa shape index (κ1) is 16.8. The second-order valence-electron chi connectivity index (χ2n) is 6.53. The van der Waals surface area contributed by atoms with Gasteiger partial charge in [0.05, 0.1) is 13.7 Å². The normalized spacial score (nSPS) is 20.4. The first-order chi connectivity index (χ1) is 12.7. The summed E-state index contributed by atoms with van der Waals surface area (Å²) in [4.78, 5) is 19.8. The van der Waals surface area contributed by atoms with E-state index in [0.29, 0.717) is 43.9 Å². The quantitative estimate of drug-likeness (QED) is 0.831. The lowest BCUT2D eigenvalue weighted by molar-refractivity contribution is 0.120. The Labute approximate surface area is 151 Å². The van der Waals surface area contributed by atoms with Crippen LogP contribution in [0.3, 0.4) is 0 Å². The summed E-state index contributed by atoms with van der Waals surface area (Å²) in [6.07, 6.45) is 0.745. The zero-order valence-electron chi connectivity index (χ0n) is 14.8. The Hall–Kier alpha value is -2.61. The average molecular weight is 358 g/mol. The Morgan fingerprint density at radius 2 is 2.12 bits per heavy atom. The molecule has 0 saturated carbocycles. The number of hydrogen-bond donors (Lipinski definition) is 0. The molecule has 1 atom stereocenters. The molecule has 4 rings (SSSR count). The Kier molecular flexibility index (Phi) is 4.75. The van der Waals surface area contributed by atoms with Crippen LogP contribution in [0.25, 0.3) is 11.4 Å². The lowest BCUT2D eigenvalue weighted by Gasteiger charge is -2.32. The summed E-state index contributed by atoms with van der Waals surface area (Å²) in [7, 11) is 1.39. The molecule has 26 heavy (non-hydrogen) atoms. The SMILES string of the molecule is COC(=O)N1CCN(c2nc(-c3cccc(C4CCOC4)c3)no2)CC1. The van der Waals surface area contributed by atoms with Crippen LogP contribution in [0.1, 0.15) is 17.9 Å². The van der Waals surface area contributed by atoms with Gasteiger partial charge in [-0.3, -0.25) is 0 Å². The summed E-state index contributed by atoms with van der Waals surface area (Å²) in [5, 5.41) is 4.14. The number of hydrogen-bond acceptors (Lipinski definition) is 7. The fraction of sp³-hybridized carbons (Fsp3) is 0.500. The van der Waals surface area contributed by atoms with Crippen molar-refractivity contribution in [1.29, 1.82) is 0 Å². The molecule has 0 spiro atoms. The molecule has 1 aromatic heterocycles. The number of benzene rings is 1. The molecule has 2 saturated heterocycles. The predicted octanol–water partition coefficient (Wildman–Crippen LogP) is 2.13. The van der Waals surface area contributed by atoms with E-state index in [1.54, 1.807) is 4.90 Å². The summed E-state index contributed by atoms with van der Waals surface area (Å²) in [5.41, 5.74) is 2.19. The molecule has 0 bridgehead atoms. The molecule has 2 aliphatic heterocycles. The minimum absolute atomic E-state index is 0.302. The third kappa shape index (κ3) is 3.37. The van der Waals surface area contributed by atoms with Crippen molar-refractivity contribution in [3.8, 4) is 11.4 Å². The van der Waals surface area contributed by atoms with Crippen LogP contribution in [-0.4, -0.2) is 67.6 Å². The van der Waals surface area contributed by atoms with E-state index in [4.69, 9.17) is 14.0 Å². The van der Waals surface area contributed by atoms with Gasteiger partial charge in [-0.15, -0.1) is 0 Å². The van der Waals surface area contributed by atoms with Crippen molar-refractivity contribution in [2.45, 2.75) is 12.3 Å². The highest BCUT2D eigenvalue weighted by Crippen LogP contribution is 2.29. The van der Waals surface area contributed by atoms with Crippen molar-refractivity contribution in [3.05, 3.63) is 29.8 Å². The van der Waals surface area contributed by atoms with E-state index in [1.807, 2.05) is 17.0 Å². The molecule has 8 heteroatoms. The zero-order chi connectivity index (χ0) is 17.9. The van der Waals surface area contributed by atoms with Crippen LogP contribution < -0.4 is 4.90 Å². The minimum Gasteiger partial charge on any atom is -0.453 e. The van der Waals surface area contributed by atoms with E-state index >= 15 is 0 Å². The summed E-state index contributed by atoms with van der Waals surface area (Å²) in [6, 6.07) is 8.73. The van der Waals surface area contributed by atoms with Crippen LogP contribution in [0.4, 0.5) is 10.8 Å². The number of amides is 1. The van der Waals surface area contributed by atoms with Gasteiger partial charge in [0.1, 0.15) is 0 Å². The predicted molar refractivity (Wildman–Crippen MR) is 94.1 cm³/mol. The van der Waals surface area contributed by atoms with E-state index in [1.165, 1.54) is 12.7 Å². The maximum atomic E-state index is 11.6. The summed E-state index contributed by atoms with van der Waals surface area (Å²) in [5.74, 6) is 1.02. The van der Waals surface area contributed by atoms with Crippen molar-refractivity contribution in [1.82, 2.24) is 15.0 Å². The smallest absolute Gasteiger partial charge is 0.409 e. The number of aromatic nitrogens is 2. The van der Waals surface area contributed by atoms with Crippen molar-refractivity contribution in [3.63, 3.8) is 0 Å². The third-order valence-electron chi connectivity index (χ3n) is 4.94. The van der Waals surface area contributed by atoms with E-state index < -0.39 is 0 Å². The van der Waals surface area contributed by atoms with Gasteiger partial charge in [-0.2, -0.15) is 4.98 Å². The number of piperazine rings is 1. The van der Waals surface area contributed by atoms with Crippen LogP contribution in [-0.2, 0) is 9.47 Å². The minimum atomic E-state index is -0.302. The largest absolute Gasteiger partial charge is 0.453 e. The molecule has 1 aromatic carbocycles. The first-order valence-corrected chi connectivity index (χ1v) is 8.84. The average Bonchev–Trinajstić information content (AvgIpc) is 3.40. The summed E-state index contributed by atoms with van der Waals surface area (Å²) >= 11 is 0. The van der Waals surface area contributed by atoms with Gasteiger partial charge < -0.3 is 23.8 Å². The molecule has 2 fully saturated rings. The van der Waals surface area contributed by atoms with Crippen LogP contribution in [0.2, 0.25) is 0 Å². The molecular formula is C18H22N4O4. The lowest BCUT2D eigenvalue weighted by atomic mass is 9.97. The summed E-state index contributed by atoms with van der Waals surface area (Å²) < 4.78 is 15.7. The topological polar surface area (TPSA) is 80.9 Å². The molecule has 0 aliphatic carbocycles. The number of carbonyl (C=O) groups is 1. The van der Waals surface area contributed by atoms with Gasteiger partial charge in [0.2, 0.25) is 5.82 Å².